The molecule has 2 heterocycles. The van der Waals surface area contributed by atoms with Crippen molar-refractivity contribution in [2.75, 3.05) is 32.2 Å². The van der Waals surface area contributed by atoms with Crippen LogP contribution >= 0.6 is 0 Å². The summed E-state index contributed by atoms with van der Waals surface area (Å²) in [7, 11) is 3.21. The maximum atomic E-state index is 5.22. The molecule has 0 bridgehead atoms. The topological polar surface area (TPSA) is 59.5 Å². The molecule has 0 aliphatic carbocycles. The average Bonchev–Trinajstić information content (AvgIpc) is 2.92. The maximum absolute atomic E-state index is 5.22. The second-order valence-electron chi connectivity index (χ2n) is 5.31. The van der Waals surface area contributed by atoms with E-state index < -0.39 is 0 Å². The Labute approximate surface area is 120 Å². The first-order valence-electron chi connectivity index (χ1n) is 7.11. The Kier molecular flexibility index (Phi) is 5.00. The fourth-order valence-electron chi connectivity index (χ4n) is 2.41. The highest BCUT2D eigenvalue weighted by Gasteiger charge is 2.27. The summed E-state index contributed by atoms with van der Waals surface area (Å²) < 4.78 is 10.4. The number of aromatic nitrogens is 2. The average molecular weight is 280 g/mol. The lowest BCUT2D eigenvalue weighted by Gasteiger charge is -2.26. The number of methoxy groups -OCH3 is 2. The van der Waals surface area contributed by atoms with Crippen molar-refractivity contribution in [2.24, 2.45) is 0 Å². The van der Waals surface area contributed by atoms with Crippen LogP contribution in [-0.2, 0) is 0 Å². The van der Waals surface area contributed by atoms with Crippen LogP contribution in [0.2, 0.25) is 0 Å². The quantitative estimate of drug-likeness (QED) is 0.851. The first-order chi connectivity index (χ1) is 9.63. The minimum Gasteiger partial charge on any atom is -0.481 e. The van der Waals surface area contributed by atoms with Crippen LogP contribution in [0.25, 0.3) is 0 Å². The first kappa shape index (κ1) is 14.8. The van der Waals surface area contributed by atoms with Crippen molar-refractivity contribution in [2.45, 2.75) is 38.8 Å². The normalized spacial score (nSPS) is 18.6. The monoisotopic (exact) mass is 280 g/mol. The van der Waals surface area contributed by atoms with E-state index in [0.717, 1.165) is 25.9 Å². The molecule has 1 unspecified atom stereocenters. The third-order valence-corrected chi connectivity index (χ3v) is 3.48. The number of nitrogens with one attached hydrogen (secondary N) is 1. The molecule has 1 aliphatic rings. The van der Waals surface area contributed by atoms with Gasteiger partial charge in [-0.15, -0.1) is 0 Å². The lowest BCUT2D eigenvalue weighted by atomic mass is 10.2. The van der Waals surface area contributed by atoms with Gasteiger partial charge in [0.2, 0.25) is 17.7 Å². The summed E-state index contributed by atoms with van der Waals surface area (Å²) in [5.74, 6) is 1.76. The summed E-state index contributed by atoms with van der Waals surface area (Å²) >= 11 is 0. The summed E-state index contributed by atoms with van der Waals surface area (Å²) in [6.45, 7) is 6.23. The van der Waals surface area contributed by atoms with Crippen LogP contribution in [0, 0.1) is 0 Å². The van der Waals surface area contributed by atoms with Crippen molar-refractivity contribution >= 4 is 5.95 Å². The van der Waals surface area contributed by atoms with Crippen LogP contribution < -0.4 is 19.7 Å². The van der Waals surface area contributed by atoms with Crippen molar-refractivity contribution in [3.05, 3.63) is 6.07 Å². The van der Waals surface area contributed by atoms with Gasteiger partial charge in [0.15, 0.2) is 0 Å². The molecule has 1 fully saturated rings. The van der Waals surface area contributed by atoms with Crippen LogP contribution in [0.3, 0.4) is 0 Å². The zero-order valence-corrected chi connectivity index (χ0v) is 12.7. The highest BCUT2D eigenvalue weighted by molar-refractivity contribution is 5.39. The van der Waals surface area contributed by atoms with Crippen molar-refractivity contribution in [3.8, 4) is 11.8 Å². The number of ether oxygens (including phenoxy) is 2. The van der Waals surface area contributed by atoms with Crippen molar-refractivity contribution < 1.29 is 9.47 Å². The van der Waals surface area contributed by atoms with Gasteiger partial charge in [-0.3, -0.25) is 0 Å². The van der Waals surface area contributed by atoms with Gasteiger partial charge in [-0.2, -0.15) is 9.97 Å². The Morgan fingerprint density at radius 2 is 1.95 bits per heavy atom. The number of hydrogen-bond donors (Lipinski definition) is 1. The standard InChI is InChI=1S/C14H24N4O2/c1-10(2)15-9-11-6-5-7-18(11)14-16-12(19-3)8-13(17-14)20-4/h8,10-11,15H,5-7,9H2,1-4H3. The third-order valence-electron chi connectivity index (χ3n) is 3.48. The van der Waals surface area contributed by atoms with E-state index in [1.165, 1.54) is 0 Å². The molecule has 0 spiro atoms. The molecule has 6 nitrogen and oxygen atoms in total. The molecule has 1 N–H and O–H groups in total. The van der Waals surface area contributed by atoms with Gasteiger partial charge < -0.3 is 19.7 Å². The second-order valence-corrected chi connectivity index (χ2v) is 5.31. The molecule has 1 saturated heterocycles. The number of nitrogens with zero attached hydrogens (tertiary/aromatic N) is 3. The van der Waals surface area contributed by atoms with Gasteiger partial charge in [0.1, 0.15) is 0 Å². The van der Waals surface area contributed by atoms with E-state index in [1.54, 1.807) is 20.3 Å². The number of hydrogen-bond acceptors (Lipinski definition) is 6. The Bertz CT molecular complexity index is 417. The molecule has 0 saturated carbocycles. The van der Waals surface area contributed by atoms with Crippen LogP contribution in [0.4, 0.5) is 5.95 Å². The lowest BCUT2D eigenvalue weighted by Crippen LogP contribution is -2.41. The van der Waals surface area contributed by atoms with E-state index in [-0.39, 0.29) is 0 Å². The van der Waals surface area contributed by atoms with Crippen LogP contribution in [0.1, 0.15) is 26.7 Å². The number of rotatable bonds is 6. The summed E-state index contributed by atoms with van der Waals surface area (Å²) in [6, 6.07) is 2.61. The van der Waals surface area contributed by atoms with Gasteiger partial charge >= 0.3 is 0 Å². The predicted molar refractivity (Wildman–Crippen MR) is 78.6 cm³/mol. The first-order valence-corrected chi connectivity index (χ1v) is 7.11. The lowest BCUT2D eigenvalue weighted by molar-refractivity contribution is 0.371. The zero-order chi connectivity index (χ0) is 14.5. The van der Waals surface area contributed by atoms with Gasteiger partial charge in [-0.1, -0.05) is 13.8 Å². The zero-order valence-electron chi connectivity index (χ0n) is 12.7. The Hall–Kier alpha value is -1.56. The molecule has 20 heavy (non-hydrogen) atoms. The molecular formula is C14H24N4O2. The van der Waals surface area contributed by atoms with E-state index in [9.17, 15) is 0 Å². The third kappa shape index (κ3) is 3.50. The van der Waals surface area contributed by atoms with E-state index >= 15 is 0 Å². The van der Waals surface area contributed by atoms with E-state index in [4.69, 9.17) is 9.47 Å². The summed E-state index contributed by atoms with van der Waals surface area (Å²) in [5, 5.41) is 3.48. The smallest absolute Gasteiger partial charge is 0.232 e. The molecular weight excluding hydrogens is 256 g/mol. The van der Waals surface area contributed by atoms with Crippen LogP contribution in [0.15, 0.2) is 6.07 Å². The predicted octanol–water partition coefficient (Wildman–Crippen LogP) is 1.46. The highest BCUT2D eigenvalue weighted by Crippen LogP contribution is 2.26. The SMILES string of the molecule is COc1cc(OC)nc(N2CCCC2CNC(C)C)n1. The molecule has 1 aliphatic heterocycles. The van der Waals surface area contributed by atoms with Gasteiger partial charge in [-0.05, 0) is 12.8 Å². The van der Waals surface area contributed by atoms with Crippen LogP contribution in [-0.4, -0.2) is 49.4 Å². The fourth-order valence-corrected chi connectivity index (χ4v) is 2.41. The molecule has 2 rings (SSSR count). The summed E-state index contributed by atoms with van der Waals surface area (Å²) in [5.41, 5.74) is 0. The minimum absolute atomic E-state index is 0.425. The van der Waals surface area contributed by atoms with Crippen molar-refractivity contribution in [1.29, 1.82) is 0 Å². The molecule has 1 aromatic rings. The molecule has 0 radical (unpaired) electrons. The Morgan fingerprint density at radius 3 is 2.50 bits per heavy atom. The number of anilines is 1. The van der Waals surface area contributed by atoms with Gasteiger partial charge in [-0.25, -0.2) is 0 Å². The summed E-state index contributed by atoms with van der Waals surface area (Å²) in [4.78, 5) is 11.1. The Morgan fingerprint density at radius 1 is 1.30 bits per heavy atom. The molecule has 112 valence electrons. The van der Waals surface area contributed by atoms with Crippen LogP contribution in [0.5, 0.6) is 11.8 Å². The van der Waals surface area contributed by atoms with Crippen molar-refractivity contribution in [3.63, 3.8) is 0 Å². The molecule has 1 aromatic heterocycles. The molecule has 1 atom stereocenters. The van der Waals surface area contributed by atoms with E-state index in [1.807, 2.05) is 0 Å². The molecule has 0 aromatic carbocycles. The van der Waals surface area contributed by atoms with E-state index in [2.05, 4.69) is 34.0 Å². The largest absolute Gasteiger partial charge is 0.481 e. The van der Waals surface area contributed by atoms with Crippen molar-refractivity contribution in [1.82, 2.24) is 15.3 Å². The van der Waals surface area contributed by atoms with E-state index in [0.29, 0.717) is 29.8 Å². The van der Waals surface area contributed by atoms with Gasteiger partial charge in [0.25, 0.3) is 0 Å². The molecule has 6 heteroatoms. The van der Waals surface area contributed by atoms with Gasteiger partial charge in [0, 0.05) is 25.2 Å². The fraction of sp³-hybridized carbons (Fsp3) is 0.714. The minimum atomic E-state index is 0.425. The van der Waals surface area contributed by atoms with Gasteiger partial charge in [0.05, 0.1) is 20.3 Å². The highest BCUT2D eigenvalue weighted by atomic mass is 16.5. The maximum Gasteiger partial charge on any atom is 0.232 e. The Balaban J connectivity index is 2.16. The summed E-state index contributed by atoms with van der Waals surface area (Å²) in [6.07, 6.45) is 2.32. The second kappa shape index (κ2) is 6.74. The molecule has 0 amide bonds.